The Balaban J connectivity index is 2.14. The number of fused-ring (bicyclic) bond motifs is 3. The third-order valence-electron chi connectivity index (χ3n) is 5.13. The number of ether oxygens (including phenoxy) is 2. The number of hydrogen-bond donors (Lipinski definition) is 1. The van der Waals surface area contributed by atoms with Crippen molar-refractivity contribution in [3.63, 3.8) is 0 Å². The van der Waals surface area contributed by atoms with Gasteiger partial charge in [0.2, 0.25) is 5.43 Å². The van der Waals surface area contributed by atoms with Crippen LogP contribution in [0, 0.1) is 11.7 Å². The van der Waals surface area contributed by atoms with Gasteiger partial charge in [-0.3, -0.25) is 4.79 Å². The van der Waals surface area contributed by atoms with Crippen molar-refractivity contribution in [1.29, 1.82) is 0 Å². The van der Waals surface area contributed by atoms with E-state index in [1.165, 1.54) is 6.20 Å². The highest BCUT2D eigenvalue weighted by molar-refractivity contribution is 6.32. The number of carbonyl (C=O) groups is 1. The van der Waals surface area contributed by atoms with Gasteiger partial charge in [-0.25, -0.2) is 9.18 Å². The normalized spacial score (nSPS) is 15.2. The molecule has 1 aliphatic heterocycles. The molecule has 3 rings (SSSR count). The van der Waals surface area contributed by atoms with Crippen molar-refractivity contribution in [3.8, 4) is 17.0 Å². The van der Waals surface area contributed by atoms with Gasteiger partial charge in [-0.15, -0.1) is 0 Å². The molecule has 1 N–H and O–H groups in total. The van der Waals surface area contributed by atoms with E-state index in [1.807, 2.05) is 13.8 Å². The summed E-state index contributed by atoms with van der Waals surface area (Å²) in [7, 11) is 1.61. The van der Waals surface area contributed by atoms with Gasteiger partial charge in [0.15, 0.2) is 5.82 Å². The molecule has 1 aromatic carbocycles. The number of pyridine rings is 1. The number of benzene rings is 1. The number of carboxylic acid groups (broad SMARTS) is 1. The number of rotatable bonds is 7. The lowest BCUT2D eigenvalue weighted by Crippen LogP contribution is -2.30. The number of aromatic nitrogens is 1. The highest BCUT2D eigenvalue weighted by Crippen LogP contribution is 2.42. The van der Waals surface area contributed by atoms with Crippen molar-refractivity contribution >= 4 is 17.6 Å². The Morgan fingerprint density at radius 1 is 1.38 bits per heavy atom. The van der Waals surface area contributed by atoms with Gasteiger partial charge >= 0.3 is 5.97 Å². The highest BCUT2D eigenvalue weighted by Gasteiger charge is 2.32. The van der Waals surface area contributed by atoms with E-state index < -0.39 is 22.8 Å². The molecule has 29 heavy (non-hydrogen) atoms. The molecule has 0 saturated heterocycles. The minimum atomic E-state index is -1.45. The molecule has 6 nitrogen and oxygen atoms in total. The van der Waals surface area contributed by atoms with E-state index in [-0.39, 0.29) is 17.7 Å². The summed E-state index contributed by atoms with van der Waals surface area (Å²) >= 11 is 6.35. The Bertz CT molecular complexity index is 1000. The number of aromatic carboxylic acids is 1. The van der Waals surface area contributed by atoms with E-state index in [1.54, 1.807) is 23.8 Å². The molecule has 0 radical (unpaired) electrons. The van der Waals surface area contributed by atoms with Gasteiger partial charge in [-0.2, -0.15) is 0 Å². The van der Waals surface area contributed by atoms with Crippen LogP contribution in [0.4, 0.5) is 4.39 Å². The third-order valence-corrected chi connectivity index (χ3v) is 5.42. The first-order chi connectivity index (χ1) is 13.8. The van der Waals surface area contributed by atoms with Crippen molar-refractivity contribution in [2.45, 2.75) is 32.7 Å². The number of methoxy groups -OCH3 is 1. The average molecular weight is 424 g/mol. The van der Waals surface area contributed by atoms with Crippen molar-refractivity contribution in [1.82, 2.24) is 4.57 Å². The van der Waals surface area contributed by atoms with E-state index in [4.69, 9.17) is 21.1 Å². The molecular weight excluding hydrogens is 401 g/mol. The molecule has 0 saturated carbocycles. The van der Waals surface area contributed by atoms with Crippen molar-refractivity contribution in [3.05, 3.63) is 50.5 Å². The zero-order chi connectivity index (χ0) is 21.3. The lowest BCUT2D eigenvalue weighted by molar-refractivity contribution is 0.0693. The molecule has 0 spiro atoms. The zero-order valence-electron chi connectivity index (χ0n) is 16.5. The van der Waals surface area contributed by atoms with Gasteiger partial charge in [-0.1, -0.05) is 25.4 Å². The second-order valence-electron chi connectivity index (χ2n) is 7.40. The van der Waals surface area contributed by atoms with Crippen LogP contribution in [-0.4, -0.2) is 36.0 Å². The molecule has 2 aromatic rings. The maximum Gasteiger partial charge on any atom is 0.341 e. The van der Waals surface area contributed by atoms with Crippen LogP contribution in [0.3, 0.4) is 0 Å². The smallest absolute Gasteiger partial charge is 0.341 e. The predicted molar refractivity (Wildman–Crippen MR) is 108 cm³/mol. The van der Waals surface area contributed by atoms with Crippen LogP contribution < -0.4 is 10.2 Å². The summed E-state index contributed by atoms with van der Waals surface area (Å²) in [4.78, 5) is 23.7. The molecule has 0 bridgehead atoms. The summed E-state index contributed by atoms with van der Waals surface area (Å²) < 4.78 is 27.4. The first-order valence-electron chi connectivity index (χ1n) is 9.38. The van der Waals surface area contributed by atoms with Gasteiger partial charge in [0, 0.05) is 37.9 Å². The second kappa shape index (κ2) is 8.55. The van der Waals surface area contributed by atoms with Crippen LogP contribution in [0.2, 0.25) is 5.02 Å². The molecule has 2 heterocycles. The second-order valence-corrected chi connectivity index (χ2v) is 7.80. The van der Waals surface area contributed by atoms with Gasteiger partial charge in [0.05, 0.1) is 17.3 Å². The van der Waals surface area contributed by atoms with Crippen molar-refractivity contribution < 1.29 is 23.8 Å². The Morgan fingerprint density at radius 3 is 2.72 bits per heavy atom. The lowest BCUT2D eigenvalue weighted by Gasteiger charge is -2.34. The molecule has 1 atom stereocenters. The number of nitrogens with zero attached hydrogens (tertiary/aromatic N) is 1. The summed E-state index contributed by atoms with van der Waals surface area (Å²) in [6, 6.07) is 3.14. The molecule has 8 heteroatoms. The van der Waals surface area contributed by atoms with E-state index in [2.05, 4.69) is 0 Å². The summed E-state index contributed by atoms with van der Waals surface area (Å²) in [5, 5.41) is 9.58. The topological polar surface area (TPSA) is 77.8 Å². The Morgan fingerprint density at radius 2 is 2.10 bits per heavy atom. The summed E-state index contributed by atoms with van der Waals surface area (Å²) in [5.74, 6) is -1.97. The summed E-state index contributed by atoms with van der Waals surface area (Å²) in [6.45, 7) is 4.92. The van der Waals surface area contributed by atoms with Gasteiger partial charge in [0.1, 0.15) is 11.3 Å². The van der Waals surface area contributed by atoms with Crippen LogP contribution in [0.25, 0.3) is 11.3 Å². The number of carboxylic acids is 1. The van der Waals surface area contributed by atoms with E-state index in [0.717, 1.165) is 5.56 Å². The molecular formula is C21H23ClFNO5. The molecule has 0 unspecified atom stereocenters. The van der Waals surface area contributed by atoms with Crippen LogP contribution in [0.15, 0.2) is 23.1 Å². The maximum absolute atomic E-state index is 15.1. The Kier molecular flexibility index (Phi) is 6.29. The van der Waals surface area contributed by atoms with Gasteiger partial charge in [0.25, 0.3) is 0 Å². The minimum Gasteiger partial charge on any atom is -0.492 e. The first kappa shape index (κ1) is 21.3. The fraction of sp³-hybridized carbons (Fsp3) is 0.429. The average Bonchev–Trinajstić information content (AvgIpc) is 2.67. The maximum atomic E-state index is 15.1. The number of halogens is 2. The standard InChI is InChI=1S/C21H23ClFNO5/c1-11(2)16-7-12-8-17(29-6-4-5-28-3)15(22)9-13(12)19-18(23)20(25)14(21(26)27)10-24(16)19/h8-11,16H,4-7H2,1-3H3,(H,26,27)/t16-/m1/s1. The molecule has 0 fully saturated rings. The quantitative estimate of drug-likeness (QED) is 0.676. The SMILES string of the molecule is COCCCOc1cc2c(cc1Cl)-c1c(F)c(=O)c(C(=O)O)cn1[C@@H](C(C)C)C2. The predicted octanol–water partition coefficient (Wildman–Crippen LogP) is 4.17. The van der Waals surface area contributed by atoms with Gasteiger partial charge in [-0.05, 0) is 30.0 Å². The lowest BCUT2D eigenvalue weighted by atomic mass is 9.87. The van der Waals surface area contributed by atoms with Gasteiger partial charge < -0.3 is 19.1 Å². The molecule has 1 aliphatic rings. The fourth-order valence-electron chi connectivity index (χ4n) is 3.63. The molecule has 0 amide bonds. The minimum absolute atomic E-state index is 0.0628. The van der Waals surface area contributed by atoms with Crippen molar-refractivity contribution in [2.24, 2.45) is 5.92 Å². The Labute approximate surface area is 172 Å². The molecule has 1 aromatic heterocycles. The monoisotopic (exact) mass is 423 g/mol. The Hall–Kier alpha value is -2.38. The van der Waals surface area contributed by atoms with Crippen LogP contribution >= 0.6 is 11.6 Å². The van der Waals surface area contributed by atoms with Crippen LogP contribution in [0.1, 0.15) is 42.2 Å². The number of hydrogen-bond acceptors (Lipinski definition) is 4. The fourth-order valence-corrected chi connectivity index (χ4v) is 3.85. The highest BCUT2D eigenvalue weighted by atomic mass is 35.5. The largest absolute Gasteiger partial charge is 0.492 e. The van der Waals surface area contributed by atoms with Crippen LogP contribution in [-0.2, 0) is 11.2 Å². The van der Waals surface area contributed by atoms with E-state index in [9.17, 15) is 14.7 Å². The molecule has 0 aliphatic carbocycles. The van der Waals surface area contributed by atoms with Crippen LogP contribution in [0.5, 0.6) is 5.75 Å². The van der Waals surface area contributed by atoms with E-state index in [0.29, 0.717) is 42.4 Å². The first-order valence-corrected chi connectivity index (χ1v) is 9.76. The zero-order valence-corrected chi connectivity index (χ0v) is 17.3. The van der Waals surface area contributed by atoms with Crippen molar-refractivity contribution in [2.75, 3.05) is 20.3 Å². The van der Waals surface area contributed by atoms with E-state index >= 15 is 4.39 Å². The third kappa shape index (κ3) is 4.02. The summed E-state index contributed by atoms with van der Waals surface area (Å²) in [5.41, 5.74) is -0.369. The summed E-state index contributed by atoms with van der Waals surface area (Å²) in [6.07, 6.45) is 2.47. The molecule has 156 valence electrons.